The Morgan fingerprint density at radius 1 is 1.41 bits per heavy atom. The summed E-state index contributed by atoms with van der Waals surface area (Å²) in [6.45, 7) is 8.73. The minimum absolute atomic E-state index is 0.256. The molecule has 0 radical (unpaired) electrons. The van der Waals surface area contributed by atoms with Crippen LogP contribution in [0.2, 0.25) is 0 Å². The van der Waals surface area contributed by atoms with Crippen LogP contribution in [0.4, 0.5) is 0 Å². The van der Waals surface area contributed by atoms with Gasteiger partial charge >= 0.3 is 0 Å². The van der Waals surface area contributed by atoms with Gasteiger partial charge in [0, 0.05) is 32.2 Å². The van der Waals surface area contributed by atoms with E-state index in [-0.39, 0.29) is 5.41 Å². The molecule has 0 spiro atoms. The van der Waals surface area contributed by atoms with E-state index >= 15 is 0 Å². The summed E-state index contributed by atoms with van der Waals surface area (Å²) in [6.07, 6.45) is 2.50. The van der Waals surface area contributed by atoms with Crippen LogP contribution in [-0.4, -0.2) is 61.5 Å². The molecule has 1 N–H and O–H groups in total. The van der Waals surface area contributed by atoms with E-state index in [0.29, 0.717) is 11.9 Å². The molecule has 2 aliphatic heterocycles. The molecule has 0 saturated carbocycles. The minimum atomic E-state index is -0.256. The second kappa shape index (κ2) is 4.94. The van der Waals surface area contributed by atoms with Crippen LogP contribution in [0.25, 0.3) is 0 Å². The second-order valence-electron chi connectivity index (χ2n) is 6.09. The van der Waals surface area contributed by atoms with Crippen LogP contribution in [0.3, 0.4) is 0 Å². The first-order chi connectivity index (χ1) is 8.00. The summed E-state index contributed by atoms with van der Waals surface area (Å²) in [4.78, 5) is 16.9. The van der Waals surface area contributed by atoms with Crippen molar-refractivity contribution < 1.29 is 4.79 Å². The Bertz CT molecular complexity index is 290. The number of hydrogen-bond donors (Lipinski definition) is 1. The van der Waals surface area contributed by atoms with E-state index < -0.39 is 0 Å². The summed E-state index contributed by atoms with van der Waals surface area (Å²) in [5.74, 6) is 0.308. The largest absolute Gasteiger partial charge is 0.339 e. The van der Waals surface area contributed by atoms with Crippen molar-refractivity contribution in [1.29, 1.82) is 0 Å². The van der Waals surface area contributed by atoms with E-state index in [1.165, 1.54) is 19.4 Å². The van der Waals surface area contributed by atoms with Crippen LogP contribution in [0.15, 0.2) is 0 Å². The van der Waals surface area contributed by atoms with Gasteiger partial charge in [0.05, 0.1) is 5.41 Å². The average molecular weight is 239 g/mol. The summed E-state index contributed by atoms with van der Waals surface area (Å²) in [6, 6.07) is 0.563. The standard InChI is InChI=1S/C13H25N3O/c1-13(2)10-14-6-8-16(12(13)17)9-11-5-4-7-15(11)3/h11,14H,4-10H2,1-3H3. The maximum Gasteiger partial charge on any atom is 0.229 e. The van der Waals surface area contributed by atoms with Gasteiger partial charge in [-0.1, -0.05) is 0 Å². The first-order valence-electron chi connectivity index (χ1n) is 6.71. The van der Waals surface area contributed by atoms with Gasteiger partial charge in [-0.05, 0) is 40.3 Å². The molecule has 4 heteroatoms. The van der Waals surface area contributed by atoms with Crippen LogP contribution in [0.5, 0.6) is 0 Å². The van der Waals surface area contributed by atoms with Gasteiger partial charge in [-0.2, -0.15) is 0 Å². The Balaban J connectivity index is 2.01. The number of carbonyl (C=O) groups excluding carboxylic acids is 1. The Kier molecular flexibility index (Phi) is 3.73. The predicted octanol–water partition coefficient (Wildman–Crippen LogP) is 0.539. The summed E-state index contributed by atoms with van der Waals surface area (Å²) >= 11 is 0. The molecule has 0 aromatic carbocycles. The monoisotopic (exact) mass is 239 g/mol. The molecular weight excluding hydrogens is 214 g/mol. The van der Waals surface area contributed by atoms with Crippen molar-refractivity contribution in [1.82, 2.24) is 15.1 Å². The molecule has 2 aliphatic rings. The van der Waals surface area contributed by atoms with Gasteiger partial charge in [-0.15, -0.1) is 0 Å². The van der Waals surface area contributed by atoms with Crippen LogP contribution in [-0.2, 0) is 4.79 Å². The molecule has 2 heterocycles. The van der Waals surface area contributed by atoms with Gasteiger partial charge in [0.15, 0.2) is 0 Å². The molecule has 0 aromatic rings. The SMILES string of the molecule is CN1CCCC1CN1CCNCC(C)(C)C1=O. The average Bonchev–Trinajstić information content (AvgIpc) is 2.62. The number of amides is 1. The van der Waals surface area contributed by atoms with Crippen molar-refractivity contribution in [2.75, 3.05) is 39.8 Å². The van der Waals surface area contributed by atoms with Crippen LogP contribution >= 0.6 is 0 Å². The molecule has 2 fully saturated rings. The number of nitrogens with one attached hydrogen (secondary N) is 1. The van der Waals surface area contributed by atoms with Crippen molar-refractivity contribution in [3.8, 4) is 0 Å². The van der Waals surface area contributed by atoms with E-state index in [1.807, 2.05) is 13.8 Å². The van der Waals surface area contributed by atoms with Crippen LogP contribution < -0.4 is 5.32 Å². The number of carbonyl (C=O) groups is 1. The normalized spacial score (nSPS) is 30.6. The molecule has 0 bridgehead atoms. The van der Waals surface area contributed by atoms with Crippen molar-refractivity contribution in [3.63, 3.8) is 0 Å². The smallest absolute Gasteiger partial charge is 0.229 e. The highest BCUT2D eigenvalue weighted by Crippen LogP contribution is 2.22. The lowest BCUT2D eigenvalue weighted by atomic mass is 9.92. The first kappa shape index (κ1) is 12.8. The van der Waals surface area contributed by atoms with Gasteiger partial charge in [0.1, 0.15) is 0 Å². The van der Waals surface area contributed by atoms with E-state index in [1.54, 1.807) is 0 Å². The summed E-state index contributed by atoms with van der Waals surface area (Å²) in [5.41, 5.74) is -0.256. The van der Waals surface area contributed by atoms with Crippen LogP contribution in [0.1, 0.15) is 26.7 Å². The summed E-state index contributed by atoms with van der Waals surface area (Å²) in [7, 11) is 2.17. The first-order valence-corrected chi connectivity index (χ1v) is 6.71. The molecule has 1 unspecified atom stereocenters. The van der Waals surface area contributed by atoms with E-state index in [2.05, 4.69) is 22.2 Å². The van der Waals surface area contributed by atoms with Crippen molar-refractivity contribution in [2.45, 2.75) is 32.7 Å². The third-order valence-corrected chi connectivity index (χ3v) is 4.09. The van der Waals surface area contributed by atoms with E-state index in [4.69, 9.17) is 0 Å². The van der Waals surface area contributed by atoms with Gasteiger partial charge < -0.3 is 15.1 Å². The summed E-state index contributed by atoms with van der Waals surface area (Å²) < 4.78 is 0. The van der Waals surface area contributed by atoms with Crippen LogP contribution in [0, 0.1) is 5.41 Å². The predicted molar refractivity (Wildman–Crippen MR) is 68.9 cm³/mol. The van der Waals surface area contributed by atoms with Gasteiger partial charge in [0.25, 0.3) is 0 Å². The third kappa shape index (κ3) is 2.80. The molecule has 1 amide bonds. The Morgan fingerprint density at radius 2 is 2.18 bits per heavy atom. The zero-order valence-electron chi connectivity index (χ0n) is 11.3. The molecule has 1 atom stereocenters. The third-order valence-electron chi connectivity index (χ3n) is 4.09. The zero-order chi connectivity index (χ0) is 12.5. The number of likely N-dealkylation sites (tertiary alicyclic amines) is 1. The lowest BCUT2D eigenvalue weighted by Crippen LogP contribution is -2.47. The summed E-state index contributed by atoms with van der Waals surface area (Å²) in [5, 5.41) is 3.36. The molecule has 17 heavy (non-hydrogen) atoms. The van der Waals surface area contributed by atoms with Crippen molar-refractivity contribution in [2.24, 2.45) is 5.41 Å². The topological polar surface area (TPSA) is 35.6 Å². The molecule has 0 aromatic heterocycles. The molecular formula is C13H25N3O. The highest BCUT2D eigenvalue weighted by molar-refractivity contribution is 5.82. The lowest BCUT2D eigenvalue weighted by molar-refractivity contribution is -0.139. The molecule has 4 nitrogen and oxygen atoms in total. The Labute approximate surface area is 104 Å². The minimum Gasteiger partial charge on any atom is -0.339 e. The molecule has 2 rings (SSSR count). The number of hydrogen-bond acceptors (Lipinski definition) is 3. The molecule has 0 aliphatic carbocycles. The number of likely N-dealkylation sites (N-methyl/N-ethyl adjacent to an activating group) is 1. The van der Waals surface area contributed by atoms with Gasteiger partial charge in [0.2, 0.25) is 5.91 Å². The van der Waals surface area contributed by atoms with E-state index in [9.17, 15) is 4.79 Å². The Morgan fingerprint density at radius 3 is 2.82 bits per heavy atom. The maximum absolute atomic E-state index is 12.4. The van der Waals surface area contributed by atoms with E-state index in [0.717, 1.165) is 26.2 Å². The highest BCUT2D eigenvalue weighted by atomic mass is 16.2. The van der Waals surface area contributed by atoms with Gasteiger partial charge in [-0.3, -0.25) is 4.79 Å². The fourth-order valence-corrected chi connectivity index (χ4v) is 2.86. The number of rotatable bonds is 2. The maximum atomic E-state index is 12.4. The zero-order valence-corrected chi connectivity index (χ0v) is 11.3. The fourth-order valence-electron chi connectivity index (χ4n) is 2.86. The Hall–Kier alpha value is -0.610. The highest BCUT2D eigenvalue weighted by Gasteiger charge is 2.35. The molecule has 2 saturated heterocycles. The molecule has 98 valence electrons. The number of nitrogens with zero attached hydrogens (tertiary/aromatic N) is 2. The lowest BCUT2D eigenvalue weighted by Gasteiger charge is -2.32. The second-order valence-corrected chi connectivity index (χ2v) is 6.09. The van der Waals surface area contributed by atoms with Gasteiger partial charge in [-0.25, -0.2) is 0 Å². The quantitative estimate of drug-likeness (QED) is 0.764. The van der Waals surface area contributed by atoms with Crippen molar-refractivity contribution in [3.05, 3.63) is 0 Å². The van der Waals surface area contributed by atoms with Crippen molar-refractivity contribution >= 4 is 5.91 Å². The fraction of sp³-hybridized carbons (Fsp3) is 0.923.